The van der Waals surface area contributed by atoms with Gasteiger partial charge in [0, 0.05) is 22.0 Å². The molecule has 0 aromatic heterocycles. The van der Waals surface area contributed by atoms with E-state index in [1.54, 1.807) is 11.8 Å². The highest BCUT2D eigenvalue weighted by Crippen LogP contribution is 2.40. The van der Waals surface area contributed by atoms with Crippen LogP contribution in [0, 0.1) is 0 Å². The van der Waals surface area contributed by atoms with Crippen molar-refractivity contribution in [1.29, 1.82) is 0 Å². The van der Waals surface area contributed by atoms with Crippen molar-refractivity contribution in [2.45, 2.75) is 36.1 Å². The number of halogens is 3. The minimum Gasteiger partial charge on any atom is -0.387 e. The maximum Gasteiger partial charge on any atom is 0.416 e. The van der Waals surface area contributed by atoms with Crippen LogP contribution in [0.5, 0.6) is 0 Å². The lowest BCUT2D eigenvalue weighted by Crippen LogP contribution is -2.31. The first-order valence-electron chi connectivity index (χ1n) is 6.52. The van der Waals surface area contributed by atoms with Crippen molar-refractivity contribution in [2.75, 3.05) is 11.5 Å². The van der Waals surface area contributed by atoms with Crippen LogP contribution in [0.4, 0.5) is 13.2 Å². The zero-order chi connectivity index (χ0) is 14.8. The minimum absolute atomic E-state index is 0.0514. The topological polar surface area (TPSA) is 20.2 Å². The molecule has 1 aliphatic heterocycles. The SMILES string of the molecule is CCC1SCCSC1C(O)c1ccc(C(F)(F)F)cc1. The molecule has 0 bridgehead atoms. The van der Waals surface area contributed by atoms with Gasteiger partial charge in [0.25, 0.3) is 0 Å². The highest BCUT2D eigenvalue weighted by Gasteiger charge is 2.33. The van der Waals surface area contributed by atoms with Gasteiger partial charge >= 0.3 is 6.18 Å². The first kappa shape index (κ1) is 16.0. The van der Waals surface area contributed by atoms with Crippen molar-refractivity contribution in [3.63, 3.8) is 0 Å². The number of hydrogen-bond acceptors (Lipinski definition) is 3. The zero-order valence-corrected chi connectivity index (χ0v) is 12.7. The molecule has 0 amide bonds. The summed E-state index contributed by atoms with van der Waals surface area (Å²) in [6, 6.07) is 4.86. The van der Waals surface area contributed by atoms with Crippen molar-refractivity contribution in [3.05, 3.63) is 35.4 Å². The fourth-order valence-electron chi connectivity index (χ4n) is 2.29. The highest BCUT2D eigenvalue weighted by atomic mass is 32.2. The number of aliphatic hydroxyl groups is 1. The first-order chi connectivity index (χ1) is 9.43. The van der Waals surface area contributed by atoms with Gasteiger partial charge in [-0.15, -0.1) is 0 Å². The molecule has 3 atom stereocenters. The second kappa shape index (κ2) is 6.62. The summed E-state index contributed by atoms with van der Waals surface area (Å²) in [5.74, 6) is 2.04. The molecule has 1 N–H and O–H groups in total. The van der Waals surface area contributed by atoms with E-state index in [-0.39, 0.29) is 5.25 Å². The fraction of sp³-hybridized carbons (Fsp3) is 0.571. The van der Waals surface area contributed by atoms with Crippen molar-refractivity contribution in [1.82, 2.24) is 0 Å². The summed E-state index contributed by atoms with van der Waals surface area (Å²) >= 11 is 3.56. The van der Waals surface area contributed by atoms with Gasteiger partial charge in [-0.05, 0) is 24.1 Å². The minimum atomic E-state index is -4.33. The number of aliphatic hydroxyl groups excluding tert-OH is 1. The number of alkyl halides is 3. The smallest absolute Gasteiger partial charge is 0.387 e. The third kappa shape index (κ3) is 3.65. The summed E-state index contributed by atoms with van der Waals surface area (Å²) in [4.78, 5) is 0. The Morgan fingerprint density at radius 3 is 2.35 bits per heavy atom. The quantitative estimate of drug-likeness (QED) is 0.892. The number of rotatable bonds is 3. The van der Waals surface area contributed by atoms with Gasteiger partial charge in [0.2, 0.25) is 0 Å². The molecule has 1 heterocycles. The van der Waals surface area contributed by atoms with Gasteiger partial charge in [0.15, 0.2) is 0 Å². The maximum absolute atomic E-state index is 12.5. The average Bonchev–Trinajstić information content (AvgIpc) is 2.45. The number of benzene rings is 1. The molecule has 1 nitrogen and oxygen atoms in total. The van der Waals surface area contributed by atoms with E-state index in [2.05, 4.69) is 6.92 Å². The second-order valence-corrected chi connectivity index (χ2v) is 7.35. The Morgan fingerprint density at radius 1 is 1.20 bits per heavy atom. The van der Waals surface area contributed by atoms with Crippen LogP contribution in [0.1, 0.15) is 30.6 Å². The highest BCUT2D eigenvalue weighted by molar-refractivity contribution is 8.07. The normalized spacial score (nSPS) is 25.4. The predicted molar refractivity (Wildman–Crippen MR) is 79.2 cm³/mol. The molecule has 1 saturated heterocycles. The van der Waals surface area contributed by atoms with Gasteiger partial charge in [-0.1, -0.05) is 19.1 Å². The summed E-state index contributed by atoms with van der Waals surface area (Å²) in [5.41, 5.74) is -0.109. The third-order valence-electron chi connectivity index (χ3n) is 3.39. The van der Waals surface area contributed by atoms with E-state index in [0.717, 1.165) is 30.1 Å². The van der Waals surface area contributed by atoms with Crippen LogP contribution in [0.15, 0.2) is 24.3 Å². The molecule has 112 valence electrons. The predicted octanol–water partition coefficient (Wildman–Crippen LogP) is 4.37. The van der Waals surface area contributed by atoms with Gasteiger partial charge in [-0.2, -0.15) is 36.7 Å². The molecule has 1 aromatic rings. The van der Waals surface area contributed by atoms with Crippen LogP contribution < -0.4 is 0 Å². The van der Waals surface area contributed by atoms with E-state index >= 15 is 0 Å². The lowest BCUT2D eigenvalue weighted by molar-refractivity contribution is -0.137. The molecule has 0 radical (unpaired) electrons. The van der Waals surface area contributed by atoms with Crippen LogP contribution in [-0.4, -0.2) is 27.1 Å². The zero-order valence-electron chi connectivity index (χ0n) is 11.1. The molecule has 1 fully saturated rings. The van der Waals surface area contributed by atoms with Gasteiger partial charge < -0.3 is 5.11 Å². The molecule has 1 aromatic carbocycles. The van der Waals surface area contributed by atoms with Crippen LogP contribution in [0.3, 0.4) is 0 Å². The summed E-state index contributed by atoms with van der Waals surface area (Å²) in [7, 11) is 0. The molecular weight excluding hydrogens is 305 g/mol. The number of hydrogen-bond donors (Lipinski definition) is 1. The second-order valence-electron chi connectivity index (χ2n) is 4.72. The molecular formula is C14H17F3OS2. The van der Waals surface area contributed by atoms with E-state index < -0.39 is 17.8 Å². The molecule has 0 saturated carbocycles. The standard InChI is InChI=1S/C14H17F3OS2/c1-2-11-13(20-8-7-19-11)12(18)9-3-5-10(6-4-9)14(15,16)17/h3-6,11-13,18H,2,7-8H2,1H3. The van der Waals surface area contributed by atoms with Crippen molar-refractivity contribution < 1.29 is 18.3 Å². The Balaban J connectivity index is 2.14. The molecule has 6 heteroatoms. The van der Waals surface area contributed by atoms with Crippen LogP contribution >= 0.6 is 23.5 Å². The Kier molecular flexibility index (Phi) is 5.31. The Bertz CT molecular complexity index is 433. The average molecular weight is 322 g/mol. The summed E-state index contributed by atoms with van der Waals surface area (Å²) < 4.78 is 37.6. The summed E-state index contributed by atoms with van der Waals surface area (Å²) in [5, 5.41) is 10.8. The van der Waals surface area contributed by atoms with Gasteiger partial charge in [-0.25, -0.2) is 0 Å². The fourth-order valence-corrected chi connectivity index (χ4v) is 5.43. The largest absolute Gasteiger partial charge is 0.416 e. The maximum atomic E-state index is 12.5. The van der Waals surface area contributed by atoms with E-state index in [9.17, 15) is 18.3 Å². The monoisotopic (exact) mass is 322 g/mol. The van der Waals surface area contributed by atoms with Gasteiger partial charge in [0.05, 0.1) is 11.7 Å². The van der Waals surface area contributed by atoms with Gasteiger partial charge in [0.1, 0.15) is 0 Å². The van der Waals surface area contributed by atoms with E-state index in [0.29, 0.717) is 10.8 Å². The van der Waals surface area contributed by atoms with Crippen molar-refractivity contribution >= 4 is 23.5 Å². The van der Waals surface area contributed by atoms with Crippen LogP contribution in [0.25, 0.3) is 0 Å². The summed E-state index contributed by atoms with van der Waals surface area (Å²) in [6.07, 6.45) is -4.08. The Morgan fingerprint density at radius 2 is 1.80 bits per heavy atom. The van der Waals surface area contributed by atoms with Crippen molar-refractivity contribution in [2.24, 2.45) is 0 Å². The molecule has 0 aliphatic carbocycles. The lowest BCUT2D eigenvalue weighted by atomic mass is 10.0. The van der Waals surface area contributed by atoms with E-state index in [4.69, 9.17) is 0 Å². The Labute approximate surface area is 125 Å². The first-order valence-corrected chi connectivity index (χ1v) is 8.61. The number of thioether (sulfide) groups is 2. The molecule has 1 aliphatic rings. The van der Waals surface area contributed by atoms with E-state index in [1.807, 2.05) is 11.8 Å². The summed E-state index contributed by atoms with van der Waals surface area (Å²) in [6.45, 7) is 2.08. The molecule has 20 heavy (non-hydrogen) atoms. The molecule has 2 rings (SSSR count). The van der Waals surface area contributed by atoms with Crippen LogP contribution in [-0.2, 0) is 6.18 Å². The lowest BCUT2D eigenvalue weighted by Gasteiger charge is -2.33. The molecule has 3 unspecified atom stereocenters. The Hall–Kier alpha value is -0.330. The third-order valence-corrected chi connectivity index (χ3v) is 6.72. The van der Waals surface area contributed by atoms with Gasteiger partial charge in [-0.3, -0.25) is 0 Å². The van der Waals surface area contributed by atoms with Crippen LogP contribution in [0.2, 0.25) is 0 Å². The van der Waals surface area contributed by atoms with E-state index in [1.165, 1.54) is 12.1 Å². The van der Waals surface area contributed by atoms with Crippen molar-refractivity contribution in [3.8, 4) is 0 Å². The molecule has 0 spiro atoms.